The zero-order chi connectivity index (χ0) is 36.0. The van der Waals surface area contributed by atoms with Gasteiger partial charge in [0.2, 0.25) is 0 Å². The van der Waals surface area contributed by atoms with E-state index in [4.69, 9.17) is 0 Å². The molecule has 0 aliphatic heterocycles. The molecule has 0 saturated heterocycles. The SMILES string of the molecule is CC1(C)c2ccccc2-c2cccc(-c3ccc(N(c4ccc5c(c4)C4(CCCCC4)c4ccccc4-5)c4ccc5c(ccc6ccccc65)c4)cc3)c21. The lowest BCUT2D eigenvalue weighted by molar-refractivity contribution is 0.353. The van der Waals surface area contributed by atoms with Gasteiger partial charge in [-0.2, -0.15) is 0 Å². The Hall–Kier alpha value is -5.92. The first kappa shape index (κ1) is 31.6. The highest BCUT2D eigenvalue weighted by molar-refractivity contribution is 6.08. The van der Waals surface area contributed by atoms with Crippen molar-refractivity contribution in [2.75, 3.05) is 4.90 Å². The minimum absolute atomic E-state index is 0.0699. The van der Waals surface area contributed by atoms with Gasteiger partial charge in [-0.05, 0) is 126 Å². The minimum Gasteiger partial charge on any atom is -0.310 e. The van der Waals surface area contributed by atoms with Crippen LogP contribution in [0.5, 0.6) is 0 Å². The van der Waals surface area contributed by atoms with Gasteiger partial charge in [0.1, 0.15) is 0 Å². The summed E-state index contributed by atoms with van der Waals surface area (Å²) in [6.45, 7) is 4.76. The van der Waals surface area contributed by atoms with Gasteiger partial charge in [0.05, 0.1) is 0 Å². The van der Waals surface area contributed by atoms with Gasteiger partial charge in [-0.3, -0.25) is 0 Å². The van der Waals surface area contributed by atoms with Crippen LogP contribution in [0.2, 0.25) is 0 Å². The van der Waals surface area contributed by atoms with Gasteiger partial charge in [0.15, 0.2) is 0 Å². The first-order valence-electron chi connectivity index (χ1n) is 19.8. The van der Waals surface area contributed by atoms with E-state index in [1.807, 2.05) is 0 Å². The highest BCUT2D eigenvalue weighted by Crippen LogP contribution is 2.57. The van der Waals surface area contributed by atoms with Crippen molar-refractivity contribution >= 4 is 38.6 Å². The van der Waals surface area contributed by atoms with Crippen molar-refractivity contribution in [2.45, 2.75) is 56.8 Å². The minimum atomic E-state index is -0.0699. The van der Waals surface area contributed by atoms with Crippen LogP contribution in [0, 0.1) is 0 Å². The molecule has 0 N–H and O–H groups in total. The third-order valence-corrected chi connectivity index (χ3v) is 13.2. The molecule has 0 radical (unpaired) electrons. The fraction of sp³-hybridized carbons (Fsp3) is 0.170. The van der Waals surface area contributed by atoms with Crippen molar-refractivity contribution in [1.29, 1.82) is 0 Å². The predicted molar refractivity (Wildman–Crippen MR) is 228 cm³/mol. The summed E-state index contributed by atoms with van der Waals surface area (Å²) >= 11 is 0. The van der Waals surface area contributed by atoms with Gasteiger partial charge >= 0.3 is 0 Å². The van der Waals surface area contributed by atoms with Crippen LogP contribution in [0.25, 0.3) is 54.9 Å². The first-order valence-corrected chi connectivity index (χ1v) is 19.8. The largest absolute Gasteiger partial charge is 0.310 e. The van der Waals surface area contributed by atoms with Gasteiger partial charge in [-0.15, -0.1) is 0 Å². The Bertz CT molecular complexity index is 2780. The second-order valence-electron chi connectivity index (χ2n) is 16.4. The highest BCUT2D eigenvalue weighted by Gasteiger charge is 2.44. The van der Waals surface area contributed by atoms with Crippen molar-refractivity contribution in [1.82, 2.24) is 0 Å². The number of hydrogen-bond acceptors (Lipinski definition) is 1. The van der Waals surface area contributed by atoms with Gasteiger partial charge in [0.25, 0.3) is 0 Å². The lowest BCUT2D eigenvalue weighted by Gasteiger charge is -2.36. The Kier molecular flexibility index (Phi) is 6.90. The first-order chi connectivity index (χ1) is 26.5. The van der Waals surface area contributed by atoms with E-state index in [1.165, 1.54) is 126 Å². The van der Waals surface area contributed by atoms with Crippen LogP contribution in [0.4, 0.5) is 17.1 Å². The molecule has 54 heavy (non-hydrogen) atoms. The van der Waals surface area contributed by atoms with Crippen LogP contribution in [0.3, 0.4) is 0 Å². The normalized spacial score (nSPS) is 15.9. The Labute approximate surface area is 318 Å². The molecule has 260 valence electrons. The van der Waals surface area contributed by atoms with Gasteiger partial charge < -0.3 is 4.90 Å². The van der Waals surface area contributed by atoms with Gasteiger partial charge in [0, 0.05) is 27.9 Å². The number of benzene rings is 8. The molecular weight excluding hydrogens is 651 g/mol. The molecular formula is C53H43N. The summed E-state index contributed by atoms with van der Waals surface area (Å²) in [5.41, 5.74) is 17.6. The van der Waals surface area contributed by atoms with E-state index in [-0.39, 0.29) is 10.8 Å². The second kappa shape index (κ2) is 11.8. The highest BCUT2D eigenvalue weighted by atomic mass is 15.1. The Morgan fingerprint density at radius 1 is 0.407 bits per heavy atom. The van der Waals surface area contributed by atoms with Crippen molar-refractivity contribution in [3.05, 3.63) is 186 Å². The molecule has 11 rings (SSSR count). The summed E-state index contributed by atoms with van der Waals surface area (Å²) in [7, 11) is 0. The molecule has 1 heteroatoms. The van der Waals surface area contributed by atoms with E-state index in [2.05, 4.69) is 183 Å². The maximum absolute atomic E-state index is 2.54. The zero-order valence-corrected chi connectivity index (χ0v) is 31.1. The number of rotatable bonds is 4. The molecule has 0 unspecified atom stereocenters. The van der Waals surface area contributed by atoms with Crippen molar-refractivity contribution in [2.24, 2.45) is 0 Å². The standard InChI is InChI=1S/C53H43N/c1-52(2)48-19-8-6-16-45(48)47-18-12-17-43(51(47)52)36-23-25-38(26-24-36)54(39-27-29-42-37(33-39)22-21-35-13-4-5-14-41(35)42)40-28-30-46-44-15-7-9-20-49(44)53(50(46)34-40)31-10-3-11-32-53/h4-9,12-30,33-34H,3,10-11,31-32H2,1-2H3. The molecule has 1 saturated carbocycles. The second-order valence-corrected chi connectivity index (χ2v) is 16.4. The number of fused-ring (bicyclic) bond motifs is 11. The summed E-state index contributed by atoms with van der Waals surface area (Å²) in [6, 6.07) is 62.0. The van der Waals surface area contributed by atoms with E-state index >= 15 is 0 Å². The molecule has 8 aromatic rings. The van der Waals surface area contributed by atoms with Crippen LogP contribution in [0.1, 0.15) is 68.2 Å². The summed E-state index contributed by atoms with van der Waals surface area (Å²) in [5.74, 6) is 0. The van der Waals surface area contributed by atoms with Crippen LogP contribution in [-0.2, 0) is 10.8 Å². The van der Waals surface area contributed by atoms with Crippen LogP contribution in [-0.4, -0.2) is 0 Å². The third-order valence-electron chi connectivity index (χ3n) is 13.2. The summed E-state index contributed by atoms with van der Waals surface area (Å²) < 4.78 is 0. The van der Waals surface area contributed by atoms with E-state index in [0.29, 0.717) is 0 Å². The predicted octanol–water partition coefficient (Wildman–Crippen LogP) is 14.7. The molecule has 0 atom stereocenters. The van der Waals surface area contributed by atoms with Gasteiger partial charge in [-0.25, -0.2) is 0 Å². The number of nitrogens with zero attached hydrogens (tertiary/aromatic N) is 1. The van der Waals surface area contributed by atoms with Crippen LogP contribution < -0.4 is 4.90 Å². The summed E-state index contributed by atoms with van der Waals surface area (Å²) in [5, 5.41) is 5.12. The topological polar surface area (TPSA) is 3.24 Å². The summed E-state index contributed by atoms with van der Waals surface area (Å²) in [4.78, 5) is 2.49. The molecule has 0 bridgehead atoms. The molecule has 1 spiro atoms. The molecule has 3 aliphatic carbocycles. The molecule has 0 amide bonds. The van der Waals surface area contributed by atoms with E-state index in [9.17, 15) is 0 Å². The van der Waals surface area contributed by atoms with Gasteiger partial charge in [-0.1, -0.05) is 161 Å². The monoisotopic (exact) mass is 693 g/mol. The molecule has 8 aromatic carbocycles. The molecule has 0 heterocycles. The Morgan fingerprint density at radius 2 is 1.00 bits per heavy atom. The average molecular weight is 694 g/mol. The number of anilines is 3. The molecule has 0 aromatic heterocycles. The Morgan fingerprint density at radius 3 is 1.83 bits per heavy atom. The van der Waals surface area contributed by atoms with E-state index < -0.39 is 0 Å². The quantitative estimate of drug-likeness (QED) is 0.166. The lowest BCUT2D eigenvalue weighted by atomic mass is 9.68. The summed E-state index contributed by atoms with van der Waals surface area (Å²) in [6.07, 6.45) is 6.34. The molecule has 1 nitrogen and oxygen atoms in total. The smallest absolute Gasteiger partial charge is 0.0468 e. The van der Waals surface area contributed by atoms with Crippen molar-refractivity contribution < 1.29 is 0 Å². The fourth-order valence-corrected chi connectivity index (χ4v) is 10.7. The third kappa shape index (κ3) is 4.51. The van der Waals surface area contributed by atoms with Crippen molar-refractivity contribution in [3.63, 3.8) is 0 Å². The van der Waals surface area contributed by atoms with Crippen LogP contribution in [0.15, 0.2) is 164 Å². The fourth-order valence-electron chi connectivity index (χ4n) is 10.7. The van der Waals surface area contributed by atoms with E-state index in [1.54, 1.807) is 0 Å². The maximum Gasteiger partial charge on any atom is 0.0468 e. The lowest BCUT2D eigenvalue weighted by Crippen LogP contribution is -2.28. The Balaban J connectivity index is 1.07. The van der Waals surface area contributed by atoms with Crippen LogP contribution >= 0.6 is 0 Å². The average Bonchev–Trinajstić information content (AvgIpc) is 3.62. The van der Waals surface area contributed by atoms with E-state index in [0.717, 1.165) is 0 Å². The zero-order valence-electron chi connectivity index (χ0n) is 31.1. The van der Waals surface area contributed by atoms with Crippen molar-refractivity contribution in [3.8, 4) is 33.4 Å². The molecule has 1 fully saturated rings. The maximum atomic E-state index is 2.54. The number of hydrogen-bond donors (Lipinski definition) is 0. The molecule has 3 aliphatic rings.